The highest BCUT2D eigenvalue weighted by Crippen LogP contribution is 2.58. The number of carbonyl (C=O) groups is 1. The smallest absolute Gasteiger partial charge is 0.266 e. The van der Waals surface area contributed by atoms with Gasteiger partial charge in [0.1, 0.15) is 11.5 Å². The van der Waals surface area contributed by atoms with Gasteiger partial charge >= 0.3 is 0 Å². The van der Waals surface area contributed by atoms with Crippen LogP contribution in [0.5, 0.6) is 5.75 Å². The number of fused-ring (bicyclic) bond motifs is 3. The lowest BCUT2D eigenvalue weighted by atomic mass is 9.87. The minimum absolute atomic E-state index is 0.0163. The van der Waals surface area contributed by atoms with Gasteiger partial charge in [-0.15, -0.1) is 11.8 Å². The summed E-state index contributed by atoms with van der Waals surface area (Å²) >= 11 is 1.78. The average molecular weight is 568 g/mol. The molecule has 2 aliphatic rings. The summed E-state index contributed by atoms with van der Waals surface area (Å²) in [7, 11) is 1.66. The zero-order valence-corrected chi connectivity index (χ0v) is 24.0. The number of nitrogens with zero attached hydrogens (tertiary/aromatic N) is 1. The molecule has 2 aliphatic heterocycles. The Morgan fingerprint density at radius 3 is 2.00 bits per heavy atom. The molecule has 0 N–H and O–H groups in total. The minimum atomic E-state index is -1.13. The number of methoxy groups -OCH3 is 1. The number of para-hydroxylation sites is 1. The largest absolute Gasteiger partial charge is 0.497 e. The fourth-order valence-corrected chi connectivity index (χ4v) is 7.27. The van der Waals surface area contributed by atoms with Crippen molar-refractivity contribution in [3.63, 3.8) is 0 Å². The molecule has 7 rings (SSSR count). The summed E-state index contributed by atoms with van der Waals surface area (Å²) in [6.07, 6.45) is 0.535. The zero-order valence-electron chi connectivity index (χ0n) is 23.1. The molecule has 0 fully saturated rings. The number of hydrogen-bond acceptors (Lipinski definition) is 4. The number of benzene rings is 5. The van der Waals surface area contributed by atoms with Crippen molar-refractivity contribution in [2.45, 2.75) is 22.3 Å². The topological polar surface area (TPSA) is 38.8 Å². The Kier molecular flexibility index (Phi) is 6.80. The molecular weight excluding hydrogens is 538 g/mol. The summed E-state index contributed by atoms with van der Waals surface area (Å²) in [5.74, 6) is 1.23. The second-order valence-corrected chi connectivity index (χ2v) is 11.6. The van der Waals surface area contributed by atoms with E-state index < -0.39 is 5.72 Å². The van der Waals surface area contributed by atoms with E-state index in [-0.39, 0.29) is 11.2 Å². The molecule has 0 spiro atoms. The predicted molar refractivity (Wildman–Crippen MR) is 169 cm³/mol. The molecule has 2 atom stereocenters. The summed E-state index contributed by atoms with van der Waals surface area (Å²) in [6.45, 7) is 0. The molecule has 0 aromatic heterocycles. The molecule has 0 saturated carbocycles. The Bertz CT molecular complexity index is 1750. The third kappa shape index (κ3) is 4.47. The van der Waals surface area contributed by atoms with Crippen molar-refractivity contribution in [3.05, 3.63) is 162 Å². The molecule has 0 unspecified atom stereocenters. The maximum atomic E-state index is 15.2. The highest BCUT2D eigenvalue weighted by Gasteiger charge is 2.54. The van der Waals surface area contributed by atoms with Crippen LogP contribution in [0.4, 0.5) is 5.69 Å². The van der Waals surface area contributed by atoms with Crippen LogP contribution >= 0.6 is 11.8 Å². The third-order valence-corrected chi connectivity index (χ3v) is 9.25. The molecule has 0 radical (unpaired) electrons. The van der Waals surface area contributed by atoms with Crippen molar-refractivity contribution < 1.29 is 14.3 Å². The maximum absolute atomic E-state index is 15.2. The van der Waals surface area contributed by atoms with Crippen molar-refractivity contribution in [2.24, 2.45) is 0 Å². The molecule has 5 aromatic rings. The molecule has 0 saturated heterocycles. The Balaban J connectivity index is 1.55. The molecule has 5 heteroatoms. The Labute approximate surface area is 250 Å². The fraction of sp³-hybridized carbons (Fsp3) is 0.108. The summed E-state index contributed by atoms with van der Waals surface area (Å²) in [4.78, 5) is 18.1. The van der Waals surface area contributed by atoms with Crippen LogP contribution in [-0.4, -0.2) is 13.0 Å². The lowest BCUT2D eigenvalue weighted by Crippen LogP contribution is -2.55. The van der Waals surface area contributed by atoms with Gasteiger partial charge in [0.05, 0.1) is 18.4 Å². The molecule has 42 heavy (non-hydrogen) atoms. The molecule has 5 aromatic carbocycles. The fourth-order valence-electron chi connectivity index (χ4n) is 5.93. The monoisotopic (exact) mass is 567 g/mol. The summed E-state index contributed by atoms with van der Waals surface area (Å²) in [5.41, 5.74) is 3.99. The average Bonchev–Trinajstić information content (AvgIpc) is 3.21. The van der Waals surface area contributed by atoms with Crippen molar-refractivity contribution >= 4 is 34.7 Å². The van der Waals surface area contributed by atoms with Gasteiger partial charge in [0.2, 0.25) is 5.72 Å². The summed E-state index contributed by atoms with van der Waals surface area (Å²) in [5, 5.41) is 0.0163. The lowest BCUT2D eigenvalue weighted by Gasteiger charge is -2.48. The van der Waals surface area contributed by atoms with Crippen LogP contribution in [0, 0.1) is 0 Å². The van der Waals surface area contributed by atoms with Crippen molar-refractivity contribution in [1.29, 1.82) is 0 Å². The van der Waals surface area contributed by atoms with E-state index in [1.54, 1.807) is 18.9 Å². The highest BCUT2D eigenvalue weighted by atomic mass is 32.2. The Hall–Kier alpha value is -4.74. The van der Waals surface area contributed by atoms with E-state index in [1.165, 1.54) is 5.56 Å². The first kappa shape index (κ1) is 26.2. The van der Waals surface area contributed by atoms with Crippen LogP contribution in [0.15, 0.2) is 144 Å². The first-order valence-electron chi connectivity index (χ1n) is 14.0. The second-order valence-electron chi connectivity index (χ2n) is 10.4. The molecule has 4 nitrogen and oxygen atoms in total. The van der Waals surface area contributed by atoms with Gasteiger partial charge < -0.3 is 9.47 Å². The summed E-state index contributed by atoms with van der Waals surface area (Å²) < 4.78 is 12.9. The van der Waals surface area contributed by atoms with Gasteiger partial charge in [-0.25, -0.2) is 0 Å². The number of ether oxygens (including phenoxy) is 2. The van der Waals surface area contributed by atoms with E-state index in [2.05, 4.69) is 30.3 Å². The van der Waals surface area contributed by atoms with E-state index in [4.69, 9.17) is 9.47 Å². The third-order valence-electron chi connectivity index (χ3n) is 7.92. The first-order valence-corrected chi connectivity index (χ1v) is 14.9. The quantitative estimate of drug-likeness (QED) is 0.213. The highest BCUT2D eigenvalue weighted by molar-refractivity contribution is 7.99. The molecule has 1 amide bonds. The van der Waals surface area contributed by atoms with Crippen molar-refractivity contribution in [2.75, 3.05) is 12.0 Å². The van der Waals surface area contributed by atoms with Gasteiger partial charge in [0.15, 0.2) is 0 Å². The van der Waals surface area contributed by atoms with E-state index in [9.17, 15) is 0 Å². The molecular formula is C37H29NO3S. The predicted octanol–water partition coefficient (Wildman–Crippen LogP) is 8.72. The van der Waals surface area contributed by atoms with Gasteiger partial charge in [-0.3, -0.25) is 9.69 Å². The lowest BCUT2D eigenvalue weighted by molar-refractivity contribution is -0.120. The van der Waals surface area contributed by atoms with Crippen molar-refractivity contribution in [3.8, 4) is 5.75 Å². The van der Waals surface area contributed by atoms with E-state index >= 15 is 4.79 Å². The van der Waals surface area contributed by atoms with Gasteiger partial charge in [-0.1, -0.05) is 103 Å². The van der Waals surface area contributed by atoms with Crippen LogP contribution in [0.2, 0.25) is 0 Å². The number of carbonyl (C=O) groups excluding carboxylic acids is 1. The van der Waals surface area contributed by atoms with Crippen LogP contribution in [-0.2, 0) is 15.3 Å². The molecule has 0 aliphatic carbocycles. The normalized spacial score (nSPS) is 19.8. The van der Waals surface area contributed by atoms with Crippen LogP contribution < -0.4 is 9.64 Å². The van der Waals surface area contributed by atoms with Crippen LogP contribution in [0.1, 0.15) is 33.9 Å². The summed E-state index contributed by atoms with van der Waals surface area (Å²) in [6, 6.07) is 46.4. The Morgan fingerprint density at radius 1 is 0.738 bits per heavy atom. The molecule has 206 valence electrons. The first-order chi connectivity index (χ1) is 20.7. The number of anilines is 1. The minimum Gasteiger partial charge on any atom is -0.497 e. The van der Waals surface area contributed by atoms with E-state index in [0.29, 0.717) is 17.8 Å². The van der Waals surface area contributed by atoms with Crippen molar-refractivity contribution in [1.82, 2.24) is 0 Å². The van der Waals surface area contributed by atoms with Gasteiger partial charge in [0, 0.05) is 27.7 Å². The number of rotatable bonds is 5. The number of thioether (sulfide) groups is 1. The standard InChI is InChI=1S/C37H29NO3S/c1-40-30-23-21-29(22-24-30)37-25-33(26-13-5-2-6-14-26)42-32-20-12-11-19-31(32)38(37)36(39)34(27-15-7-3-8-16-27)35(41-37)28-17-9-4-10-18-28/h2-24,33H,25H2,1H3/t33-,37+/m1/s1. The zero-order chi connectivity index (χ0) is 28.5. The molecule has 0 bridgehead atoms. The number of amides is 1. The van der Waals surface area contributed by atoms with Gasteiger partial charge in [0.25, 0.3) is 5.91 Å². The number of hydrogen-bond donors (Lipinski definition) is 0. The van der Waals surface area contributed by atoms with Crippen LogP contribution in [0.3, 0.4) is 0 Å². The maximum Gasteiger partial charge on any atom is 0.266 e. The van der Waals surface area contributed by atoms with E-state index in [1.807, 2.05) is 114 Å². The van der Waals surface area contributed by atoms with E-state index in [0.717, 1.165) is 33.0 Å². The second kappa shape index (κ2) is 10.9. The van der Waals surface area contributed by atoms with Gasteiger partial charge in [-0.2, -0.15) is 0 Å². The molecule has 2 heterocycles. The SMILES string of the molecule is COc1ccc([C@@]23C[C@H](c4ccccc4)Sc4ccccc4N2C(=O)C(c2ccccc2)=C(c2ccccc2)O3)cc1. The van der Waals surface area contributed by atoms with Crippen LogP contribution in [0.25, 0.3) is 11.3 Å². The Morgan fingerprint density at radius 2 is 1.33 bits per heavy atom. The van der Waals surface area contributed by atoms with Gasteiger partial charge in [-0.05, 0) is 47.5 Å².